The van der Waals surface area contributed by atoms with E-state index in [1.54, 1.807) is 6.20 Å². The Balaban J connectivity index is 1.35. The Kier molecular flexibility index (Phi) is 5.35. The lowest BCUT2D eigenvalue weighted by atomic mass is 9.89. The van der Waals surface area contributed by atoms with Gasteiger partial charge in [-0.1, -0.05) is 17.7 Å². The van der Waals surface area contributed by atoms with Crippen LogP contribution in [0.4, 0.5) is 5.95 Å². The highest BCUT2D eigenvalue weighted by Crippen LogP contribution is 2.29. The molecule has 2 aliphatic rings. The maximum Gasteiger partial charge on any atom is 0.223 e. The molecular formula is C21H26ClN7. The molecular weight excluding hydrogens is 386 g/mol. The Morgan fingerprint density at radius 1 is 1.10 bits per heavy atom. The number of nitrogens with zero attached hydrogens (tertiary/aromatic N) is 5. The fraction of sp³-hybridized carbons (Fsp3) is 0.476. The van der Waals surface area contributed by atoms with Gasteiger partial charge in [-0.05, 0) is 37.8 Å². The van der Waals surface area contributed by atoms with Gasteiger partial charge in [0.15, 0.2) is 0 Å². The average molecular weight is 412 g/mol. The van der Waals surface area contributed by atoms with Crippen LogP contribution in [0, 0.1) is 0 Å². The van der Waals surface area contributed by atoms with E-state index in [-0.39, 0.29) is 0 Å². The third-order valence-electron chi connectivity index (χ3n) is 6.05. The molecule has 0 amide bonds. The fourth-order valence-corrected chi connectivity index (χ4v) is 4.77. The summed E-state index contributed by atoms with van der Waals surface area (Å²) in [6.45, 7) is 4.48. The smallest absolute Gasteiger partial charge is 0.223 e. The Bertz CT molecular complexity index is 982. The molecule has 1 saturated carbocycles. The topological polar surface area (TPSA) is 70.4 Å². The van der Waals surface area contributed by atoms with Crippen molar-refractivity contribution < 1.29 is 0 Å². The van der Waals surface area contributed by atoms with Gasteiger partial charge < -0.3 is 10.6 Å². The van der Waals surface area contributed by atoms with E-state index in [9.17, 15) is 0 Å². The maximum absolute atomic E-state index is 6.45. The second-order valence-electron chi connectivity index (χ2n) is 7.91. The second kappa shape index (κ2) is 8.26. The number of fused-ring (bicyclic) bond motifs is 1. The highest BCUT2D eigenvalue weighted by Gasteiger charge is 2.28. The van der Waals surface area contributed by atoms with E-state index >= 15 is 0 Å². The van der Waals surface area contributed by atoms with Gasteiger partial charge in [-0.15, -0.1) is 0 Å². The van der Waals surface area contributed by atoms with Gasteiger partial charge in [0.25, 0.3) is 0 Å². The quantitative estimate of drug-likeness (QED) is 0.687. The van der Waals surface area contributed by atoms with Crippen molar-refractivity contribution in [1.82, 2.24) is 29.6 Å². The Labute approximate surface area is 175 Å². The molecule has 8 heteroatoms. The van der Waals surface area contributed by atoms with Gasteiger partial charge in [0, 0.05) is 44.5 Å². The molecule has 2 fully saturated rings. The number of piperazine rings is 1. The number of aromatic nitrogens is 4. The summed E-state index contributed by atoms with van der Waals surface area (Å²) in [7, 11) is 0. The first-order valence-electron chi connectivity index (χ1n) is 10.4. The van der Waals surface area contributed by atoms with Crippen LogP contribution in [0.25, 0.3) is 17.0 Å². The lowest BCUT2D eigenvalue weighted by Crippen LogP contribution is -2.50. The number of imidazole rings is 1. The monoisotopic (exact) mass is 411 g/mol. The summed E-state index contributed by atoms with van der Waals surface area (Å²) in [5, 5.41) is 7.55. The zero-order valence-corrected chi connectivity index (χ0v) is 17.1. The molecule has 1 aliphatic carbocycles. The molecule has 0 aromatic carbocycles. The number of halogens is 1. The molecule has 29 heavy (non-hydrogen) atoms. The van der Waals surface area contributed by atoms with Crippen LogP contribution in [0.2, 0.25) is 5.02 Å². The molecule has 152 valence electrons. The molecule has 2 N–H and O–H groups in total. The molecule has 2 unspecified atom stereocenters. The van der Waals surface area contributed by atoms with Crippen LogP contribution >= 0.6 is 11.6 Å². The Morgan fingerprint density at radius 2 is 2.00 bits per heavy atom. The normalized spacial score (nSPS) is 23.3. The van der Waals surface area contributed by atoms with Crippen LogP contribution in [-0.2, 0) is 0 Å². The Hall–Kier alpha value is -2.22. The van der Waals surface area contributed by atoms with E-state index in [2.05, 4.69) is 25.5 Å². The third kappa shape index (κ3) is 3.95. The van der Waals surface area contributed by atoms with Crippen molar-refractivity contribution in [2.24, 2.45) is 0 Å². The molecule has 0 bridgehead atoms. The van der Waals surface area contributed by atoms with Crippen LogP contribution in [0.5, 0.6) is 0 Å². The van der Waals surface area contributed by atoms with Crippen LogP contribution in [0.1, 0.15) is 25.7 Å². The number of hydrogen-bond donors (Lipinski definition) is 2. The molecule has 5 rings (SSSR count). The summed E-state index contributed by atoms with van der Waals surface area (Å²) in [5.41, 5.74) is 2.45. The van der Waals surface area contributed by atoms with E-state index in [1.807, 2.05) is 35.0 Å². The van der Waals surface area contributed by atoms with Crippen molar-refractivity contribution >= 4 is 23.2 Å². The number of anilines is 1. The van der Waals surface area contributed by atoms with Gasteiger partial charge in [0.05, 0.1) is 23.1 Å². The minimum atomic E-state index is 0.389. The minimum absolute atomic E-state index is 0.389. The van der Waals surface area contributed by atoms with Crippen LogP contribution in [-0.4, -0.2) is 62.5 Å². The van der Waals surface area contributed by atoms with E-state index < -0.39 is 0 Å². The molecule has 3 aromatic heterocycles. The number of rotatable bonds is 4. The maximum atomic E-state index is 6.45. The zero-order valence-electron chi connectivity index (χ0n) is 16.4. The predicted octanol–water partition coefficient (Wildman–Crippen LogP) is 3.07. The van der Waals surface area contributed by atoms with E-state index in [1.165, 1.54) is 12.8 Å². The van der Waals surface area contributed by atoms with Gasteiger partial charge >= 0.3 is 0 Å². The summed E-state index contributed by atoms with van der Waals surface area (Å²) in [6, 6.07) is 6.95. The molecule has 1 saturated heterocycles. The first kappa shape index (κ1) is 18.8. The summed E-state index contributed by atoms with van der Waals surface area (Å²) in [4.78, 5) is 16.3. The summed E-state index contributed by atoms with van der Waals surface area (Å²) >= 11 is 6.45. The van der Waals surface area contributed by atoms with E-state index in [0.717, 1.165) is 50.4 Å². The van der Waals surface area contributed by atoms with E-state index in [4.69, 9.17) is 16.6 Å². The van der Waals surface area contributed by atoms with Gasteiger partial charge in [0.1, 0.15) is 11.3 Å². The standard InChI is InChI=1S/C21H26ClN7/c22-17-13-25-21(27-20(17)18-14-24-19-6-1-2-9-29(18)19)26-15-4-3-5-16(12-15)28-10-7-23-8-11-28/h1-2,6,9,13-16,23H,3-5,7-8,10-12H2,(H,25,26,27). The van der Waals surface area contributed by atoms with Crippen LogP contribution < -0.4 is 10.6 Å². The van der Waals surface area contributed by atoms with Crippen molar-refractivity contribution in [3.8, 4) is 11.4 Å². The molecule has 1 aliphatic heterocycles. The fourth-order valence-electron chi connectivity index (χ4n) is 4.58. The molecule has 0 radical (unpaired) electrons. The highest BCUT2D eigenvalue weighted by atomic mass is 35.5. The number of nitrogens with one attached hydrogen (secondary N) is 2. The average Bonchev–Trinajstić information content (AvgIpc) is 3.20. The first-order valence-corrected chi connectivity index (χ1v) is 10.8. The molecule has 3 aromatic rings. The molecule has 4 heterocycles. The molecule has 7 nitrogen and oxygen atoms in total. The third-order valence-corrected chi connectivity index (χ3v) is 6.33. The lowest BCUT2D eigenvalue weighted by molar-refractivity contribution is 0.134. The molecule has 2 atom stereocenters. The summed E-state index contributed by atoms with van der Waals surface area (Å²) < 4.78 is 2.00. The van der Waals surface area contributed by atoms with E-state index in [0.29, 0.717) is 28.7 Å². The van der Waals surface area contributed by atoms with Crippen LogP contribution in [0.3, 0.4) is 0 Å². The number of pyridine rings is 1. The van der Waals surface area contributed by atoms with Crippen molar-refractivity contribution in [1.29, 1.82) is 0 Å². The predicted molar refractivity (Wildman–Crippen MR) is 115 cm³/mol. The summed E-state index contributed by atoms with van der Waals surface area (Å²) in [5.74, 6) is 0.640. The van der Waals surface area contributed by atoms with Crippen molar-refractivity contribution in [3.63, 3.8) is 0 Å². The lowest BCUT2D eigenvalue weighted by Gasteiger charge is -2.39. The van der Waals surface area contributed by atoms with Gasteiger partial charge in [0.2, 0.25) is 5.95 Å². The minimum Gasteiger partial charge on any atom is -0.351 e. The number of hydrogen-bond acceptors (Lipinski definition) is 6. The zero-order chi connectivity index (χ0) is 19.6. The van der Waals surface area contributed by atoms with Crippen molar-refractivity contribution in [2.45, 2.75) is 37.8 Å². The first-order chi connectivity index (χ1) is 14.3. The van der Waals surface area contributed by atoms with Gasteiger partial charge in [-0.3, -0.25) is 9.30 Å². The van der Waals surface area contributed by atoms with Gasteiger partial charge in [-0.2, -0.15) is 0 Å². The SMILES string of the molecule is Clc1cnc(NC2CCCC(N3CCNCC3)C2)nc1-c1cnc2ccccn12. The Morgan fingerprint density at radius 3 is 2.90 bits per heavy atom. The highest BCUT2D eigenvalue weighted by molar-refractivity contribution is 6.32. The second-order valence-corrected chi connectivity index (χ2v) is 8.32. The van der Waals surface area contributed by atoms with Gasteiger partial charge in [-0.25, -0.2) is 15.0 Å². The van der Waals surface area contributed by atoms with Crippen molar-refractivity contribution in [2.75, 3.05) is 31.5 Å². The summed E-state index contributed by atoms with van der Waals surface area (Å²) in [6.07, 6.45) is 10.3. The largest absolute Gasteiger partial charge is 0.351 e. The molecule has 0 spiro atoms. The van der Waals surface area contributed by atoms with Crippen molar-refractivity contribution in [3.05, 3.63) is 41.8 Å². The van der Waals surface area contributed by atoms with Crippen LogP contribution in [0.15, 0.2) is 36.8 Å².